The molecule has 5 heteroatoms. The highest BCUT2D eigenvalue weighted by Gasteiger charge is 2.18. The zero-order chi connectivity index (χ0) is 14.9. The maximum Gasteiger partial charge on any atom is 0.243 e. The summed E-state index contributed by atoms with van der Waals surface area (Å²) in [5.41, 5.74) is 0.999. The first-order chi connectivity index (χ1) is 10.3. The van der Waals surface area contributed by atoms with Gasteiger partial charge in [-0.25, -0.2) is 0 Å². The molecule has 0 saturated carbocycles. The van der Waals surface area contributed by atoms with Crippen LogP contribution in [-0.4, -0.2) is 34.0 Å². The number of nitrogens with one attached hydrogen (secondary N) is 1. The van der Waals surface area contributed by atoms with Crippen LogP contribution in [0.2, 0.25) is 0 Å². The largest absolute Gasteiger partial charge is 0.354 e. The van der Waals surface area contributed by atoms with Crippen LogP contribution in [0.4, 0.5) is 0 Å². The second kappa shape index (κ2) is 8.52. The summed E-state index contributed by atoms with van der Waals surface area (Å²) in [6.07, 6.45) is 9.33. The van der Waals surface area contributed by atoms with Gasteiger partial charge in [-0.3, -0.25) is 9.78 Å². The molecule has 0 saturated heterocycles. The summed E-state index contributed by atoms with van der Waals surface area (Å²) < 4.78 is 1.98. The van der Waals surface area contributed by atoms with Crippen LogP contribution < -0.4 is 5.32 Å². The number of carbonyl (C=O) groups excluding carboxylic acids is 1. The van der Waals surface area contributed by atoms with Crippen molar-refractivity contribution in [1.82, 2.24) is 14.9 Å². The number of nitrogens with zero attached hydrogens (tertiary/aromatic N) is 2. The lowest BCUT2D eigenvalue weighted by molar-refractivity contribution is -0.124. The molecular weight excluding hydrogens is 282 g/mol. The van der Waals surface area contributed by atoms with E-state index in [-0.39, 0.29) is 11.9 Å². The van der Waals surface area contributed by atoms with E-state index in [1.165, 1.54) is 0 Å². The fraction of sp³-hybridized carbons (Fsp3) is 0.375. The molecule has 2 heterocycles. The van der Waals surface area contributed by atoms with Gasteiger partial charge in [-0.05, 0) is 42.7 Å². The number of thioether (sulfide) groups is 1. The van der Waals surface area contributed by atoms with Crippen LogP contribution in [0.5, 0.6) is 0 Å². The third-order valence-corrected chi connectivity index (χ3v) is 3.94. The Morgan fingerprint density at radius 2 is 2.14 bits per heavy atom. The van der Waals surface area contributed by atoms with E-state index in [4.69, 9.17) is 0 Å². The number of hydrogen-bond donors (Lipinski definition) is 1. The molecule has 21 heavy (non-hydrogen) atoms. The average Bonchev–Trinajstić information content (AvgIpc) is 3.03. The zero-order valence-corrected chi connectivity index (χ0v) is 13.1. The van der Waals surface area contributed by atoms with Gasteiger partial charge >= 0.3 is 0 Å². The lowest BCUT2D eigenvalue weighted by atomic mass is 10.2. The van der Waals surface area contributed by atoms with Crippen LogP contribution in [0.25, 0.3) is 0 Å². The lowest BCUT2D eigenvalue weighted by Crippen LogP contribution is -2.34. The molecule has 0 aromatic carbocycles. The maximum absolute atomic E-state index is 12.4. The van der Waals surface area contributed by atoms with E-state index in [9.17, 15) is 4.79 Å². The molecule has 2 aromatic rings. The van der Waals surface area contributed by atoms with Crippen LogP contribution >= 0.6 is 11.8 Å². The third-order valence-electron chi connectivity index (χ3n) is 3.29. The molecule has 4 nitrogen and oxygen atoms in total. The first-order valence-electron chi connectivity index (χ1n) is 7.10. The van der Waals surface area contributed by atoms with Crippen molar-refractivity contribution in [3.63, 3.8) is 0 Å². The predicted molar refractivity (Wildman–Crippen MR) is 87.4 cm³/mol. The lowest BCUT2D eigenvalue weighted by Gasteiger charge is -2.18. The van der Waals surface area contributed by atoms with Gasteiger partial charge in [0.15, 0.2) is 0 Å². The van der Waals surface area contributed by atoms with Crippen LogP contribution in [-0.2, 0) is 11.2 Å². The highest BCUT2D eigenvalue weighted by atomic mass is 32.2. The molecule has 0 spiro atoms. The van der Waals surface area contributed by atoms with Crippen molar-refractivity contribution in [2.45, 2.75) is 18.9 Å². The van der Waals surface area contributed by atoms with E-state index in [1.807, 2.05) is 47.3 Å². The fourth-order valence-corrected chi connectivity index (χ4v) is 2.64. The Morgan fingerprint density at radius 1 is 1.33 bits per heavy atom. The van der Waals surface area contributed by atoms with Crippen molar-refractivity contribution in [2.75, 3.05) is 18.6 Å². The first kappa shape index (κ1) is 15.6. The van der Waals surface area contributed by atoms with Gasteiger partial charge in [-0.2, -0.15) is 11.8 Å². The molecule has 2 rings (SSSR count). The van der Waals surface area contributed by atoms with Gasteiger partial charge in [-0.1, -0.05) is 6.07 Å². The minimum Gasteiger partial charge on any atom is -0.354 e. The quantitative estimate of drug-likeness (QED) is 0.815. The number of hydrogen-bond acceptors (Lipinski definition) is 3. The molecule has 0 bridgehead atoms. The van der Waals surface area contributed by atoms with Gasteiger partial charge < -0.3 is 9.88 Å². The molecule has 1 atom stereocenters. The Labute approximate surface area is 130 Å². The van der Waals surface area contributed by atoms with Crippen molar-refractivity contribution >= 4 is 17.7 Å². The predicted octanol–water partition coefficient (Wildman–Crippen LogP) is 2.54. The number of pyridine rings is 1. The van der Waals surface area contributed by atoms with Crippen LogP contribution in [0.15, 0.2) is 48.9 Å². The molecule has 0 aliphatic heterocycles. The minimum atomic E-state index is -0.129. The van der Waals surface area contributed by atoms with Crippen LogP contribution in [0.3, 0.4) is 0 Å². The summed E-state index contributed by atoms with van der Waals surface area (Å²) in [7, 11) is 0. The molecule has 1 unspecified atom stereocenters. The van der Waals surface area contributed by atoms with Gasteiger partial charge in [0, 0.05) is 37.3 Å². The second-order valence-electron chi connectivity index (χ2n) is 4.79. The fourth-order valence-electron chi connectivity index (χ4n) is 2.18. The number of rotatable bonds is 8. The molecule has 112 valence electrons. The summed E-state index contributed by atoms with van der Waals surface area (Å²) >= 11 is 1.76. The SMILES string of the molecule is CSCCC(C(=O)NCCc1ccccn1)n1cccc1. The molecular formula is C16H21N3OS. The van der Waals surface area contributed by atoms with Gasteiger partial charge in [0.25, 0.3) is 0 Å². The van der Waals surface area contributed by atoms with E-state index in [1.54, 1.807) is 18.0 Å². The Bertz CT molecular complexity index is 528. The van der Waals surface area contributed by atoms with Gasteiger partial charge in [0.05, 0.1) is 0 Å². The topological polar surface area (TPSA) is 46.9 Å². The second-order valence-corrected chi connectivity index (χ2v) is 5.78. The van der Waals surface area contributed by atoms with Gasteiger partial charge in [0.1, 0.15) is 6.04 Å². The van der Waals surface area contributed by atoms with Crippen molar-refractivity contribution in [3.8, 4) is 0 Å². The molecule has 1 amide bonds. The van der Waals surface area contributed by atoms with Gasteiger partial charge in [0.2, 0.25) is 5.91 Å². The molecule has 2 aromatic heterocycles. The summed E-state index contributed by atoms with van der Waals surface area (Å²) in [6, 6.07) is 9.61. The Morgan fingerprint density at radius 3 is 2.81 bits per heavy atom. The average molecular weight is 303 g/mol. The molecule has 1 N–H and O–H groups in total. The smallest absolute Gasteiger partial charge is 0.243 e. The van der Waals surface area contributed by atoms with Crippen molar-refractivity contribution in [3.05, 3.63) is 54.6 Å². The highest BCUT2D eigenvalue weighted by molar-refractivity contribution is 7.98. The first-order valence-corrected chi connectivity index (χ1v) is 8.49. The van der Waals surface area contributed by atoms with Gasteiger partial charge in [-0.15, -0.1) is 0 Å². The Balaban J connectivity index is 1.86. The van der Waals surface area contributed by atoms with Crippen molar-refractivity contribution in [1.29, 1.82) is 0 Å². The summed E-state index contributed by atoms with van der Waals surface area (Å²) in [5.74, 6) is 1.05. The van der Waals surface area contributed by atoms with E-state index < -0.39 is 0 Å². The number of carbonyl (C=O) groups is 1. The summed E-state index contributed by atoms with van der Waals surface area (Å²) in [4.78, 5) is 16.6. The van der Waals surface area contributed by atoms with Crippen molar-refractivity contribution < 1.29 is 4.79 Å². The molecule has 0 fully saturated rings. The summed E-state index contributed by atoms with van der Waals surface area (Å²) in [5, 5.41) is 3.02. The monoisotopic (exact) mass is 303 g/mol. The zero-order valence-electron chi connectivity index (χ0n) is 12.2. The Hall–Kier alpha value is -1.75. The number of amides is 1. The van der Waals surface area contributed by atoms with Crippen molar-refractivity contribution in [2.24, 2.45) is 0 Å². The number of aromatic nitrogens is 2. The Kier molecular flexibility index (Phi) is 6.34. The molecule has 0 aliphatic carbocycles. The van der Waals surface area contributed by atoms with E-state index >= 15 is 0 Å². The van der Waals surface area contributed by atoms with E-state index in [0.29, 0.717) is 6.54 Å². The normalized spacial score (nSPS) is 12.0. The summed E-state index contributed by atoms with van der Waals surface area (Å²) in [6.45, 7) is 0.618. The van der Waals surface area contributed by atoms with E-state index in [2.05, 4.69) is 16.6 Å². The van der Waals surface area contributed by atoms with Crippen LogP contribution in [0.1, 0.15) is 18.2 Å². The van der Waals surface area contributed by atoms with E-state index in [0.717, 1.165) is 24.3 Å². The standard InChI is InChI=1S/C16H21N3OS/c1-21-13-8-15(19-11-4-5-12-19)16(20)18-10-7-14-6-2-3-9-17-14/h2-6,9,11-12,15H,7-8,10,13H2,1H3,(H,18,20). The molecule has 0 aliphatic rings. The highest BCUT2D eigenvalue weighted by Crippen LogP contribution is 2.15. The third kappa shape index (κ3) is 4.93. The molecule has 0 radical (unpaired) electrons. The maximum atomic E-state index is 12.4. The van der Waals surface area contributed by atoms with Crippen LogP contribution in [0, 0.1) is 0 Å². The minimum absolute atomic E-state index is 0.0798.